The van der Waals surface area contributed by atoms with E-state index in [1.807, 2.05) is 5.43 Å². The third kappa shape index (κ3) is 7.27. The molecule has 24 heteroatoms. The fourth-order valence-electron chi connectivity index (χ4n) is 4.82. The predicted octanol–water partition coefficient (Wildman–Crippen LogP) is -0.429. The van der Waals surface area contributed by atoms with E-state index in [0.29, 0.717) is 0 Å². The molecule has 1 aromatic heterocycles. The molecule has 3 aliphatic rings. The van der Waals surface area contributed by atoms with Gasteiger partial charge in [0.25, 0.3) is 11.8 Å². The number of anilines is 1. The van der Waals surface area contributed by atoms with E-state index >= 15 is 0 Å². The lowest BCUT2D eigenvalue weighted by Crippen LogP contribution is -2.68. The van der Waals surface area contributed by atoms with Crippen LogP contribution in [0.4, 0.5) is 9.93 Å². The van der Waals surface area contributed by atoms with Crippen LogP contribution in [0.5, 0.6) is 11.5 Å². The fourth-order valence-corrected chi connectivity index (χ4v) is 9.24. The number of thiazole rings is 1. The van der Waals surface area contributed by atoms with Crippen molar-refractivity contribution in [1.82, 2.24) is 25.5 Å². The average molecular weight is 786 g/mol. The highest BCUT2D eigenvalue weighted by molar-refractivity contribution is 8.20. The van der Waals surface area contributed by atoms with Gasteiger partial charge in [-0.15, -0.1) is 34.9 Å². The van der Waals surface area contributed by atoms with E-state index in [1.165, 1.54) is 35.1 Å². The van der Waals surface area contributed by atoms with Crippen molar-refractivity contribution in [3.63, 3.8) is 0 Å². The number of amides is 5. The van der Waals surface area contributed by atoms with Crippen LogP contribution < -0.4 is 22.2 Å². The molecule has 3 atom stereocenters. The number of rotatable bonds is 12. The zero-order valence-corrected chi connectivity index (χ0v) is 29.4. The van der Waals surface area contributed by atoms with Crippen molar-refractivity contribution in [3.05, 3.63) is 33.8 Å². The molecule has 0 aliphatic carbocycles. The molecule has 0 spiro atoms. The van der Waals surface area contributed by atoms with Crippen molar-refractivity contribution in [2.24, 2.45) is 16.0 Å². The van der Waals surface area contributed by atoms with E-state index in [9.17, 15) is 49.2 Å². The van der Waals surface area contributed by atoms with Gasteiger partial charge in [0.05, 0.1) is 11.6 Å². The number of thioether (sulfide) groups is 2. The highest BCUT2D eigenvalue weighted by Crippen LogP contribution is 2.54. The Morgan fingerprint density at radius 1 is 1.18 bits per heavy atom. The molecule has 3 aliphatic heterocycles. The number of hydrogen-bond acceptors (Lipinski definition) is 16. The van der Waals surface area contributed by atoms with Gasteiger partial charge in [-0.3, -0.25) is 14.4 Å². The highest BCUT2D eigenvalue weighted by Gasteiger charge is 2.64. The first-order valence-corrected chi connectivity index (χ1v) is 17.4. The molecule has 1 aromatic carbocycles. The number of carbonyl (C=O) groups is 6. The Morgan fingerprint density at radius 3 is 2.45 bits per heavy atom. The van der Waals surface area contributed by atoms with E-state index in [4.69, 9.17) is 27.9 Å². The number of carboxylic acid groups (broad SMARTS) is 2. The Balaban J connectivity index is 1.27. The quantitative estimate of drug-likeness (QED) is 0.0586. The standard InChI is InChI=1S/C27H28ClN9O11S3/c1-26(2,22(43)44)48-35-15(11-7-49-25(30)31-11)18(40)32-16-20(42)37-8-27(23(45)46,51-21(16)37)50-9-5-36(6-9)19(41)14(33-34-24(29)47)10-3-4-12(38)17(39)13(10)28/h3-4,7,9,16,21,38-39H,5-6,8H2,1-2H3,(H2,30,31)(H,32,40)(H,43,44)(H,45,46)(H3,29,34,47)/b33-14-,35-15-/t16?,21-,27-/m1/s1. The minimum absolute atomic E-state index is 0.0123. The first-order chi connectivity index (χ1) is 23.8. The molecule has 5 amide bonds. The zero-order chi connectivity index (χ0) is 37.6. The molecule has 0 radical (unpaired) electrons. The number of benzene rings is 1. The van der Waals surface area contributed by atoms with Crippen LogP contribution in [-0.4, -0.2) is 128 Å². The summed E-state index contributed by atoms with van der Waals surface area (Å²) in [7, 11) is 0. The maximum absolute atomic E-state index is 13.4. The predicted molar refractivity (Wildman–Crippen MR) is 183 cm³/mol. The summed E-state index contributed by atoms with van der Waals surface area (Å²) in [6.07, 6.45) is 0. The van der Waals surface area contributed by atoms with Crippen molar-refractivity contribution in [1.29, 1.82) is 0 Å². The number of halogens is 1. The first-order valence-electron chi connectivity index (χ1n) is 14.4. The number of aromatic hydroxyl groups is 2. The molecule has 10 N–H and O–H groups in total. The maximum atomic E-state index is 13.4. The van der Waals surface area contributed by atoms with Gasteiger partial charge in [-0.1, -0.05) is 16.8 Å². The SMILES string of the molecule is CC(C)(O/N=C(\C(=O)NC1C(=O)N2C[C@](SC3CN(C(=O)/C(=N\NC(N)=O)c4ccc(O)c(O)c4Cl)C3)(C(=O)O)S[C@H]12)c1csc(N)n1)C(=O)O. The maximum Gasteiger partial charge on any atom is 0.350 e. The normalized spacial score (nSPS) is 22.1. The molecular formula is C27H28ClN9O11S3. The van der Waals surface area contributed by atoms with Crippen LogP contribution in [0, 0.1) is 0 Å². The van der Waals surface area contributed by atoms with Crippen LogP contribution in [0.25, 0.3) is 0 Å². The lowest BCUT2D eigenvalue weighted by molar-refractivity contribution is -0.161. The summed E-state index contributed by atoms with van der Waals surface area (Å²) in [6, 6.07) is -0.0264. The summed E-state index contributed by atoms with van der Waals surface area (Å²) in [4.78, 5) is 87.0. The fraction of sp³-hybridized carbons (Fsp3) is 0.370. The van der Waals surface area contributed by atoms with Crippen LogP contribution in [0.2, 0.25) is 5.02 Å². The largest absolute Gasteiger partial charge is 0.504 e. The number of hydrazone groups is 1. The van der Waals surface area contributed by atoms with Crippen LogP contribution in [0.15, 0.2) is 27.8 Å². The number of aliphatic carboxylic acids is 2. The van der Waals surface area contributed by atoms with Crippen molar-refractivity contribution < 1.29 is 54.0 Å². The second-order valence-electron chi connectivity index (χ2n) is 11.6. The van der Waals surface area contributed by atoms with Gasteiger partial charge < -0.3 is 51.8 Å². The second kappa shape index (κ2) is 14.0. The van der Waals surface area contributed by atoms with Crippen LogP contribution in [0.1, 0.15) is 25.1 Å². The second-order valence-corrected chi connectivity index (χ2v) is 16.1. The number of carbonyl (C=O) groups excluding carboxylic acids is 4. The summed E-state index contributed by atoms with van der Waals surface area (Å²) in [6.45, 7) is 2.21. The van der Waals surface area contributed by atoms with Gasteiger partial charge in [-0.05, 0) is 26.0 Å². The molecule has 2 aromatic rings. The molecule has 51 heavy (non-hydrogen) atoms. The van der Waals surface area contributed by atoms with Gasteiger partial charge in [-0.25, -0.2) is 24.8 Å². The third-order valence-corrected chi connectivity index (χ3v) is 12.0. The molecule has 3 fully saturated rings. The molecule has 3 saturated heterocycles. The van der Waals surface area contributed by atoms with Crippen molar-refractivity contribution >= 4 is 98.7 Å². The lowest BCUT2D eigenvalue weighted by atomic mass is 10.1. The van der Waals surface area contributed by atoms with E-state index in [0.717, 1.165) is 40.9 Å². The summed E-state index contributed by atoms with van der Waals surface area (Å²) in [5, 5.41) is 49.2. The smallest absolute Gasteiger partial charge is 0.350 e. The Labute approximate surface area is 304 Å². The topological polar surface area (TPSA) is 313 Å². The average Bonchev–Trinajstić information content (AvgIpc) is 3.63. The van der Waals surface area contributed by atoms with Crippen LogP contribution >= 0.6 is 46.5 Å². The van der Waals surface area contributed by atoms with Gasteiger partial charge in [0, 0.05) is 29.3 Å². The van der Waals surface area contributed by atoms with E-state index in [2.05, 4.69) is 20.6 Å². The van der Waals surface area contributed by atoms with Gasteiger partial charge in [0.1, 0.15) is 17.1 Å². The number of carboxylic acids is 2. The van der Waals surface area contributed by atoms with E-state index in [1.54, 1.807) is 0 Å². The zero-order valence-electron chi connectivity index (χ0n) is 26.2. The third-order valence-electron chi connectivity index (χ3n) is 7.63. The molecule has 4 heterocycles. The number of likely N-dealkylation sites (tertiary alicyclic amines) is 1. The van der Waals surface area contributed by atoms with Gasteiger partial charge in [0.2, 0.25) is 11.5 Å². The minimum atomic E-state index is -1.83. The highest BCUT2D eigenvalue weighted by atomic mass is 35.5. The number of β-lactam (4-membered cyclic amide) rings is 1. The van der Waals surface area contributed by atoms with Crippen molar-refractivity contribution in [2.45, 2.75) is 40.2 Å². The number of nitrogens with one attached hydrogen (secondary N) is 2. The molecule has 1 unspecified atom stereocenters. The van der Waals surface area contributed by atoms with Crippen LogP contribution in [0.3, 0.4) is 0 Å². The number of nitrogen functional groups attached to an aromatic ring is 1. The van der Waals surface area contributed by atoms with Crippen molar-refractivity contribution in [3.8, 4) is 11.5 Å². The number of nitrogens with two attached hydrogens (primary N) is 2. The Bertz CT molecular complexity index is 1900. The number of aromatic nitrogens is 1. The number of primary amides is 1. The number of fused-ring (bicyclic) bond motifs is 1. The molecular weight excluding hydrogens is 758 g/mol. The van der Waals surface area contributed by atoms with Crippen molar-refractivity contribution in [2.75, 3.05) is 25.4 Å². The number of hydrogen-bond donors (Lipinski definition) is 8. The number of phenols is 2. The summed E-state index contributed by atoms with van der Waals surface area (Å²) >= 11 is 9.03. The van der Waals surface area contributed by atoms with E-state index in [-0.39, 0.29) is 36.0 Å². The van der Waals surface area contributed by atoms with Gasteiger partial charge >= 0.3 is 18.0 Å². The molecule has 0 saturated carbocycles. The number of nitrogens with zero attached hydrogens (tertiary/aromatic N) is 5. The lowest BCUT2D eigenvalue weighted by Gasteiger charge is -2.41. The number of oxime groups is 1. The summed E-state index contributed by atoms with van der Waals surface area (Å²) in [5.74, 6) is -6.19. The Morgan fingerprint density at radius 2 is 1.86 bits per heavy atom. The number of urea groups is 1. The van der Waals surface area contributed by atoms with Gasteiger partial charge in [0.15, 0.2) is 32.1 Å². The molecule has 5 rings (SSSR count). The first kappa shape index (κ1) is 37.3. The number of phenolic OH excluding ortho intramolecular Hbond substituents is 2. The minimum Gasteiger partial charge on any atom is -0.504 e. The monoisotopic (exact) mass is 785 g/mol. The molecule has 0 bridgehead atoms. The summed E-state index contributed by atoms with van der Waals surface area (Å²) < 4.78 is -1.59. The summed E-state index contributed by atoms with van der Waals surface area (Å²) in [5.41, 5.74) is 9.84. The van der Waals surface area contributed by atoms with Gasteiger partial charge in [-0.2, -0.15) is 5.10 Å². The molecule has 20 nitrogen and oxygen atoms in total. The Hall–Kier alpha value is -5.00. The van der Waals surface area contributed by atoms with E-state index < -0.39 is 90.0 Å². The van der Waals surface area contributed by atoms with Crippen LogP contribution in [-0.2, 0) is 28.8 Å². The Kier molecular flexibility index (Phi) is 10.2. The molecule has 272 valence electrons.